The van der Waals surface area contributed by atoms with Gasteiger partial charge < -0.3 is 48.5 Å². The Morgan fingerprint density at radius 3 is 2.40 bits per heavy atom. The van der Waals surface area contributed by atoms with E-state index < -0.39 is 55.0 Å². The lowest BCUT2D eigenvalue weighted by Crippen LogP contribution is -2.59. The second-order valence-electron chi connectivity index (χ2n) is 15.5. The van der Waals surface area contributed by atoms with Crippen LogP contribution in [0.1, 0.15) is 111 Å². The molecule has 14 atom stereocenters. The first-order valence-corrected chi connectivity index (χ1v) is 20.0. The molecule has 3 N–H and O–H groups in total. The number of unbranched alkanes of at least 4 members (excludes halogenated alkanes) is 4. The number of fused-ring (bicyclic) bond motifs is 4. The molecular formula is C41H66O12. The van der Waals surface area contributed by atoms with Gasteiger partial charge in [-0.1, -0.05) is 76.8 Å². The van der Waals surface area contributed by atoms with Gasteiger partial charge in [-0.15, -0.1) is 0 Å². The standard InChI is InChI=1S/C41H66O12/c1-6-7-8-9-13-18-36(43)48-25-32-24-33(42)35-21-27(3)34(53-35)17-12-10-11-15-26(2)20-30-23-31(22-29(50-30)16-14-19-37(44)51-32)52-41-40(47-5)39(46)38(45)28(4)49-41/h10-12,14-15,19,26-35,38-42,45-46H,6-9,13,16-18,20-25H2,1-5H3/b12-10-,15-11+,19-14+/t26-,27-,28-,29-,30+,31+,32-,33-,34-,35-,38-,39+,40+,41-/m0/s1. The number of methoxy groups -OCH3 is 1. The van der Waals surface area contributed by atoms with Crippen molar-refractivity contribution < 1.29 is 58.1 Å². The lowest BCUT2D eigenvalue weighted by molar-refractivity contribution is -0.315. The first kappa shape index (κ1) is 43.6. The minimum atomic E-state index is -1.16. The van der Waals surface area contributed by atoms with Gasteiger partial charge in [0.05, 0.1) is 42.7 Å². The number of carbonyl (C=O) groups excluding carboxylic acids is 2. The third-order valence-corrected chi connectivity index (χ3v) is 10.9. The zero-order chi connectivity index (χ0) is 38.3. The zero-order valence-electron chi connectivity index (χ0n) is 32.5. The highest BCUT2D eigenvalue weighted by Crippen LogP contribution is 2.34. The van der Waals surface area contributed by atoms with Crippen LogP contribution in [0, 0.1) is 11.8 Å². The number of allylic oxidation sites excluding steroid dienone is 3. The molecule has 0 unspecified atom stereocenters. The van der Waals surface area contributed by atoms with E-state index >= 15 is 0 Å². The summed E-state index contributed by atoms with van der Waals surface area (Å²) in [5, 5.41) is 32.2. The van der Waals surface area contributed by atoms with Crippen LogP contribution >= 0.6 is 0 Å². The second kappa shape index (κ2) is 22.4. The molecule has 0 amide bonds. The average Bonchev–Trinajstić information content (AvgIpc) is 3.49. The smallest absolute Gasteiger partial charge is 0.330 e. The molecule has 0 aromatic heterocycles. The molecule has 0 aromatic rings. The van der Waals surface area contributed by atoms with Gasteiger partial charge in [0.15, 0.2) is 6.29 Å². The molecule has 4 rings (SSSR count). The van der Waals surface area contributed by atoms with E-state index in [1.54, 1.807) is 13.0 Å². The maximum atomic E-state index is 13.1. The van der Waals surface area contributed by atoms with Gasteiger partial charge in [-0.2, -0.15) is 0 Å². The lowest BCUT2D eigenvalue weighted by atomic mass is 9.92. The Balaban J connectivity index is 1.46. The number of hydrogen-bond donors (Lipinski definition) is 3. The molecule has 0 spiro atoms. The highest BCUT2D eigenvalue weighted by molar-refractivity contribution is 5.82. The molecule has 0 saturated carbocycles. The van der Waals surface area contributed by atoms with E-state index in [2.05, 4.69) is 32.9 Å². The highest BCUT2D eigenvalue weighted by atomic mass is 16.7. The first-order valence-electron chi connectivity index (χ1n) is 20.0. The SMILES string of the molecule is CCCCCCCC(=O)OC[C@@H]1C[C@H](O)[C@@H]2C[C@H](C)[C@H](C/C=C\C=C\[C@H](C)C[C@@H]3C[C@H](O[C@@H]4O[C@@H](C)[C@H](O)[C@@H](O)[C@H]4OC)C[C@H](C/C=C/C(=O)O1)O3)O2. The number of esters is 2. The van der Waals surface area contributed by atoms with Crippen molar-refractivity contribution in [3.63, 3.8) is 0 Å². The number of aliphatic hydroxyl groups is 3. The summed E-state index contributed by atoms with van der Waals surface area (Å²) >= 11 is 0. The third kappa shape index (κ3) is 14.1. The maximum absolute atomic E-state index is 13.1. The molecule has 12 nitrogen and oxygen atoms in total. The molecule has 12 heteroatoms. The Morgan fingerprint density at radius 2 is 1.62 bits per heavy atom. The molecule has 302 valence electrons. The summed E-state index contributed by atoms with van der Waals surface area (Å²) in [6.07, 6.45) is 12.8. The average molecular weight is 751 g/mol. The van der Waals surface area contributed by atoms with E-state index in [1.807, 2.05) is 12.2 Å². The predicted molar refractivity (Wildman–Crippen MR) is 198 cm³/mol. The van der Waals surface area contributed by atoms with Crippen molar-refractivity contribution in [1.82, 2.24) is 0 Å². The van der Waals surface area contributed by atoms with E-state index in [4.69, 9.17) is 33.2 Å². The molecular weight excluding hydrogens is 684 g/mol. The number of carbonyl (C=O) groups is 2. The number of rotatable bonds is 11. The van der Waals surface area contributed by atoms with Crippen molar-refractivity contribution in [3.8, 4) is 0 Å². The Kier molecular flexibility index (Phi) is 18.4. The number of aliphatic hydroxyl groups excluding tert-OH is 3. The van der Waals surface area contributed by atoms with Gasteiger partial charge in [-0.3, -0.25) is 4.79 Å². The van der Waals surface area contributed by atoms with Crippen LogP contribution in [0.15, 0.2) is 36.5 Å². The molecule has 53 heavy (non-hydrogen) atoms. The molecule has 0 aliphatic carbocycles. The number of cyclic esters (lactones) is 1. The van der Waals surface area contributed by atoms with Crippen LogP contribution in [-0.4, -0.2) is 114 Å². The fourth-order valence-corrected chi connectivity index (χ4v) is 7.76. The van der Waals surface area contributed by atoms with E-state index in [0.717, 1.165) is 38.5 Å². The van der Waals surface area contributed by atoms with Gasteiger partial charge in [-0.05, 0) is 50.9 Å². The van der Waals surface area contributed by atoms with Gasteiger partial charge in [-0.25, -0.2) is 4.79 Å². The summed E-state index contributed by atoms with van der Waals surface area (Å²) in [4.78, 5) is 25.7. The minimum absolute atomic E-state index is 0.0528. The predicted octanol–water partition coefficient (Wildman–Crippen LogP) is 5.25. The third-order valence-electron chi connectivity index (χ3n) is 10.9. The van der Waals surface area contributed by atoms with Crippen molar-refractivity contribution in [2.75, 3.05) is 13.7 Å². The molecule has 4 aliphatic rings. The van der Waals surface area contributed by atoms with Gasteiger partial charge in [0.2, 0.25) is 0 Å². The summed E-state index contributed by atoms with van der Waals surface area (Å²) in [6.45, 7) is 7.93. The fraction of sp³-hybridized carbons (Fsp3) is 0.805. The van der Waals surface area contributed by atoms with E-state index in [-0.39, 0.29) is 55.2 Å². The summed E-state index contributed by atoms with van der Waals surface area (Å²) in [5.41, 5.74) is 0. The fourth-order valence-electron chi connectivity index (χ4n) is 7.76. The van der Waals surface area contributed by atoms with Crippen molar-refractivity contribution >= 4 is 11.9 Å². The molecule has 3 saturated heterocycles. The Hall–Kier alpha value is -2.16. The molecule has 4 heterocycles. The number of ether oxygens (including phenoxy) is 7. The van der Waals surface area contributed by atoms with E-state index in [1.165, 1.54) is 13.2 Å². The van der Waals surface area contributed by atoms with Crippen LogP contribution in [-0.2, 0) is 42.7 Å². The highest BCUT2D eigenvalue weighted by Gasteiger charge is 2.45. The van der Waals surface area contributed by atoms with Crippen LogP contribution < -0.4 is 0 Å². The quantitative estimate of drug-likeness (QED) is 0.186. The Labute approximate surface area is 316 Å². The largest absolute Gasteiger partial charge is 0.462 e. The van der Waals surface area contributed by atoms with E-state index in [0.29, 0.717) is 38.5 Å². The molecule has 0 radical (unpaired) electrons. The van der Waals surface area contributed by atoms with Gasteiger partial charge >= 0.3 is 11.9 Å². The van der Waals surface area contributed by atoms with Crippen LogP contribution in [0.25, 0.3) is 0 Å². The molecule has 4 bridgehead atoms. The number of hydrogen-bond acceptors (Lipinski definition) is 12. The van der Waals surface area contributed by atoms with Crippen LogP contribution in [0.2, 0.25) is 0 Å². The maximum Gasteiger partial charge on any atom is 0.330 e. The van der Waals surface area contributed by atoms with Crippen molar-refractivity contribution in [3.05, 3.63) is 36.5 Å². The van der Waals surface area contributed by atoms with Gasteiger partial charge in [0, 0.05) is 38.9 Å². The first-order chi connectivity index (χ1) is 25.5. The Morgan fingerprint density at radius 1 is 0.849 bits per heavy atom. The van der Waals surface area contributed by atoms with Crippen LogP contribution in [0.3, 0.4) is 0 Å². The van der Waals surface area contributed by atoms with E-state index in [9.17, 15) is 24.9 Å². The van der Waals surface area contributed by atoms with Gasteiger partial charge in [0.25, 0.3) is 0 Å². The van der Waals surface area contributed by atoms with Gasteiger partial charge in [0.1, 0.15) is 31.0 Å². The monoisotopic (exact) mass is 750 g/mol. The molecule has 4 aliphatic heterocycles. The summed E-state index contributed by atoms with van der Waals surface area (Å²) in [6, 6.07) is 0. The van der Waals surface area contributed by atoms with Crippen molar-refractivity contribution in [2.45, 2.75) is 185 Å². The summed E-state index contributed by atoms with van der Waals surface area (Å²) < 4.78 is 41.9. The van der Waals surface area contributed by atoms with Crippen LogP contribution in [0.4, 0.5) is 0 Å². The summed E-state index contributed by atoms with van der Waals surface area (Å²) in [5.74, 6) is -0.518. The van der Waals surface area contributed by atoms with Crippen LogP contribution in [0.5, 0.6) is 0 Å². The normalized spacial score (nSPS) is 40.7. The minimum Gasteiger partial charge on any atom is -0.462 e. The molecule has 3 fully saturated rings. The topological polar surface area (TPSA) is 159 Å². The lowest BCUT2D eigenvalue weighted by Gasteiger charge is -2.43. The van der Waals surface area contributed by atoms with Crippen molar-refractivity contribution in [1.29, 1.82) is 0 Å². The second-order valence-corrected chi connectivity index (χ2v) is 15.5. The zero-order valence-corrected chi connectivity index (χ0v) is 32.5. The Bertz CT molecular complexity index is 1190. The summed E-state index contributed by atoms with van der Waals surface area (Å²) in [7, 11) is 1.45. The molecule has 0 aromatic carbocycles. The van der Waals surface area contributed by atoms with Crippen molar-refractivity contribution in [2.24, 2.45) is 11.8 Å².